The second-order valence-corrected chi connectivity index (χ2v) is 4.66. The van der Waals surface area contributed by atoms with Crippen LogP contribution in [-0.2, 0) is 0 Å². The van der Waals surface area contributed by atoms with E-state index >= 15 is 0 Å². The van der Waals surface area contributed by atoms with E-state index in [9.17, 15) is 0 Å². The Labute approximate surface area is 82.3 Å². The maximum atomic E-state index is 3.41. The van der Waals surface area contributed by atoms with Gasteiger partial charge in [0.15, 0.2) is 0 Å². The highest BCUT2D eigenvalue weighted by molar-refractivity contribution is 5.03. The fraction of sp³-hybridized carbons (Fsp3) is 0.833. The molecular formula is C12H21N. The fourth-order valence-corrected chi connectivity index (χ4v) is 2.09. The van der Waals surface area contributed by atoms with Crippen molar-refractivity contribution < 1.29 is 0 Å². The zero-order chi connectivity index (χ0) is 9.90. The zero-order valence-corrected chi connectivity index (χ0v) is 9.28. The molecule has 1 heteroatoms. The summed E-state index contributed by atoms with van der Waals surface area (Å²) in [4.78, 5) is 0. The summed E-state index contributed by atoms with van der Waals surface area (Å²) >= 11 is 0. The van der Waals surface area contributed by atoms with Gasteiger partial charge in [-0.3, -0.25) is 0 Å². The quantitative estimate of drug-likeness (QED) is 0.654. The second kappa shape index (κ2) is 4.15. The van der Waals surface area contributed by atoms with Crippen molar-refractivity contribution in [2.45, 2.75) is 46.1 Å². The van der Waals surface area contributed by atoms with Crippen LogP contribution in [0.3, 0.4) is 0 Å². The molecule has 0 saturated heterocycles. The monoisotopic (exact) mass is 179 g/mol. The van der Waals surface area contributed by atoms with E-state index in [0.717, 1.165) is 12.3 Å². The van der Waals surface area contributed by atoms with E-state index in [4.69, 9.17) is 0 Å². The van der Waals surface area contributed by atoms with E-state index in [1.807, 2.05) is 6.92 Å². The molecular weight excluding hydrogens is 158 g/mol. The first-order valence-corrected chi connectivity index (χ1v) is 5.18. The average Bonchev–Trinajstić information content (AvgIpc) is 2.69. The summed E-state index contributed by atoms with van der Waals surface area (Å²) in [6.07, 6.45) is 3.61. The van der Waals surface area contributed by atoms with Gasteiger partial charge in [-0.25, -0.2) is 0 Å². The van der Waals surface area contributed by atoms with Gasteiger partial charge < -0.3 is 5.32 Å². The van der Waals surface area contributed by atoms with Crippen molar-refractivity contribution >= 4 is 0 Å². The number of hydrogen-bond acceptors (Lipinski definition) is 1. The predicted octanol–water partition coefficient (Wildman–Crippen LogP) is 2.42. The standard InChI is InChI=1S/C12H21N/c1-5-6-7-8-11(13-4)10-9-12(10,2)3/h10-11,13H,7-9H2,1-4H3. The maximum absolute atomic E-state index is 3.41. The Kier molecular flexibility index (Phi) is 3.39. The Morgan fingerprint density at radius 1 is 1.54 bits per heavy atom. The molecule has 1 rings (SSSR count). The Hall–Kier alpha value is -0.480. The number of hydrogen-bond donors (Lipinski definition) is 1. The fourth-order valence-electron chi connectivity index (χ4n) is 2.09. The molecule has 1 saturated carbocycles. The van der Waals surface area contributed by atoms with Gasteiger partial charge in [0.25, 0.3) is 0 Å². The molecule has 0 amide bonds. The molecule has 0 radical (unpaired) electrons. The third kappa shape index (κ3) is 2.74. The van der Waals surface area contributed by atoms with Gasteiger partial charge >= 0.3 is 0 Å². The molecule has 0 spiro atoms. The SMILES string of the molecule is CC#CCCC(NC)C1CC1(C)C. The molecule has 0 aliphatic heterocycles. The van der Waals surface area contributed by atoms with E-state index in [1.54, 1.807) is 0 Å². The minimum atomic E-state index is 0.577. The van der Waals surface area contributed by atoms with Gasteiger partial charge in [-0.1, -0.05) is 13.8 Å². The summed E-state index contributed by atoms with van der Waals surface area (Å²) in [5.74, 6) is 6.95. The molecule has 1 fully saturated rings. The van der Waals surface area contributed by atoms with Crippen LogP contribution in [-0.4, -0.2) is 13.1 Å². The van der Waals surface area contributed by atoms with Crippen LogP contribution in [0, 0.1) is 23.2 Å². The molecule has 13 heavy (non-hydrogen) atoms. The van der Waals surface area contributed by atoms with Crippen molar-refractivity contribution in [3.63, 3.8) is 0 Å². The van der Waals surface area contributed by atoms with Gasteiger partial charge in [-0.2, -0.15) is 0 Å². The second-order valence-electron chi connectivity index (χ2n) is 4.66. The van der Waals surface area contributed by atoms with Crippen LogP contribution in [0.2, 0.25) is 0 Å². The van der Waals surface area contributed by atoms with E-state index in [0.29, 0.717) is 11.5 Å². The molecule has 1 N–H and O–H groups in total. The lowest BCUT2D eigenvalue weighted by atomic mass is 10.0. The molecule has 0 aromatic carbocycles. The minimum Gasteiger partial charge on any atom is -0.317 e. The minimum absolute atomic E-state index is 0.577. The first kappa shape index (κ1) is 10.6. The summed E-state index contributed by atoms with van der Waals surface area (Å²) in [5.41, 5.74) is 0.577. The van der Waals surface area contributed by atoms with Crippen molar-refractivity contribution in [1.82, 2.24) is 5.32 Å². The van der Waals surface area contributed by atoms with E-state index in [1.165, 1.54) is 12.8 Å². The van der Waals surface area contributed by atoms with E-state index in [-0.39, 0.29) is 0 Å². The summed E-state index contributed by atoms with van der Waals surface area (Å²) in [5, 5.41) is 3.41. The van der Waals surface area contributed by atoms with Crippen molar-refractivity contribution in [2.24, 2.45) is 11.3 Å². The first-order valence-electron chi connectivity index (χ1n) is 5.18. The van der Waals surface area contributed by atoms with Gasteiger partial charge in [0.1, 0.15) is 0 Å². The lowest BCUT2D eigenvalue weighted by molar-refractivity contribution is 0.411. The summed E-state index contributed by atoms with van der Waals surface area (Å²) in [6.45, 7) is 6.62. The maximum Gasteiger partial charge on any atom is 0.0107 e. The number of nitrogens with one attached hydrogen (secondary N) is 1. The molecule has 1 aliphatic rings. The third-order valence-electron chi connectivity index (χ3n) is 3.20. The van der Waals surface area contributed by atoms with Gasteiger partial charge in [-0.05, 0) is 38.1 Å². The highest BCUT2D eigenvalue weighted by Crippen LogP contribution is 2.54. The molecule has 74 valence electrons. The molecule has 2 unspecified atom stereocenters. The topological polar surface area (TPSA) is 12.0 Å². The molecule has 0 aromatic rings. The highest BCUT2D eigenvalue weighted by atomic mass is 14.9. The lowest BCUT2D eigenvalue weighted by Crippen LogP contribution is -2.28. The van der Waals surface area contributed by atoms with Crippen molar-refractivity contribution in [1.29, 1.82) is 0 Å². The third-order valence-corrected chi connectivity index (χ3v) is 3.20. The normalized spacial score (nSPS) is 26.0. The molecule has 0 heterocycles. The van der Waals surface area contributed by atoms with Crippen LogP contribution in [0.5, 0.6) is 0 Å². The largest absolute Gasteiger partial charge is 0.317 e. The van der Waals surface area contributed by atoms with Crippen molar-refractivity contribution in [3.05, 3.63) is 0 Å². The Morgan fingerprint density at radius 3 is 2.54 bits per heavy atom. The van der Waals surface area contributed by atoms with E-state index in [2.05, 4.69) is 38.1 Å². The summed E-state index contributed by atoms with van der Waals surface area (Å²) in [6, 6.07) is 0.677. The molecule has 2 atom stereocenters. The van der Waals surface area contributed by atoms with Crippen LogP contribution in [0.4, 0.5) is 0 Å². The zero-order valence-electron chi connectivity index (χ0n) is 9.28. The Morgan fingerprint density at radius 2 is 2.15 bits per heavy atom. The average molecular weight is 179 g/mol. The van der Waals surface area contributed by atoms with Gasteiger partial charge in [-0.15, -0.1) is 11.8 Å². The Balaban J connectivity index is 2.31. The molecule has 0 bridgehead atoms. The number of rotatable bonds is 4. The first-order chi connectivity index (χ1) is 6.11. The van der Waals surface area contributed by atoms with E-state index < -0.39 is 0 Å². The summed E-state index contributed by atoms with van der Waals surface area (Å²) in [7, 11) is 2.07. The predicted molar refractivity (Wildman–Crippen MR) is 57.4 cm³/mol. The van der Waals surface area contributed by atoms with Crippen molar-refractivity contribution in [3.8, 4) is 11.8 Å². The summed E-state index contributed by atoms with van der Waals surface area (Å²) < 4.78 is 0. The molecule has 1 nitrogen and oxygen atoms in total. The smallest absolute Gasteiger partial charge is 0.0107 e. The van der Waals surface area contributed by atoms with Gasteiger partial charge in [0, 0.05) is 12.5 Å². The van der Waals surface area contributed by atoms with Crippen LogP contribution in [0.15, 0.2) is 0 Å². The molecule has 1 aliphatic carbocycles. The van der Waals surface area contributed by atoms with Crippen LogP contribution in [0.25, 0.3) is 0 Å². The Bertz CT molecular complexity index is 219. The van der Waals surface area contributed by atoms with Crippen LogP contribution >= 0.6 is 0 Å². The highest BCUT2D eigenvalue weighted by Gasteiger charge is 2.49. The van der Waals surface area contributed by atoms with Crippen LogP contribution in [0.1, 0.15) is 40.0 Å². The van der Waals surface area contributed by atoms with Gasteiger partial charge in [0.2, 0.25) is 0 Å². The lowest BCUT2D eigenvalue weighted by Gasteiger charge is -2.16. The van der Waals surface area contributed by atoms with Gasteiger partial charge in [0.05, 0.1) is 0 Å². The van der Waals surface area contributed by atoms with Crippen LogP contribution < -0.4 is 5.32 Å². The molecule has 0 aromatic heterocycles. The van der Waals surface area contributed by atoms with Crippen molar-refractivity contribution in [2.75, 3.05) is 7.05 Å².